The lowest BCUT2D eigenvalue weighted by Crippen LogP contribution is -2.31. The van der Waals surface area contributed by atoms with E-state index in [1.165, 1.54) is 6.92 Å². The maximum absolute atomic E-state index is 11.4. The van der Waals surface area contributed by atoms with Crippen LogP contribution in [0.1, 0.15) is 22.8 Å². The van der Waals surface area contributed by atoms with Gasteiger partial charge in [-0.1, -0.05) is 0 Å². The van der Waals surface area contributed by atoms with Crippen LogP contribution in [0.4, 0.5) is 0 Å². The van der Waals surface area contributed by atoms with Gasteiger partial charge in [-0.2, -0.15) is 0 Å². The molecule has 5 heteroatoms. The number of carbonyl (C=O) groups is 1. The van der Waals surface area contributed by atoms with Gasteiger partial charge in [0.1, 0.15) is 5.75 Å². The van der Waals surface area contributed by atoms with Gasteiger partial charge < -0.3 is 14.6 Å². The summed E-state index contributed by atoms with van der Waals surface area (Å²) < 4.78 is 10.2. The topological polar surface area (TPSA) is 59.0 Å². The average Bonchev–Trinajstić information content (AvgIpc) is 2.38. The Morgan fingerprint density at radius 2 is 2.10 bits per heavy atom. The van der Waals surface area contributed by atoms with Crippen molar-refractivity contribution in [1.82, 2.24) is 4.90 Å². The fourth-order valence-electron chi connectivity index (χ4n) is 2.08. The lowest BCUT2D eigenvalue weighted by molar-refractivity contribution is 0.0417. The predicted octanol–water partition coefficient (Wildman–Crippen LogP) is 1.34. The summed E-state index contributed by atoms with van der Waals surface area (Å²) in [6, 6.07) is 5.39. The van der Waals surface area contributed by atoms with E-state index in [1.807, 2.05) is 18.0 Å². The number of ether oxygens (including phenoxy) is 2. The number of rotatable bonds is 8. The van der Waals surface area contributed by atoms with Gasteiger partial charge >= 0.3 is 0 Å². The first-order valence-electron chi connectivity index (χ1n) is 6.51. The fourth-order valence-corrected chi connectivity index (χ4v) is 2.08. The van der Waals surface area contributed by atoms with Crippen molar-refractivity contribution in [2.24, 2.45) is 0 Å². The standard InChI is InChI=1S/C15H23NO4/c1-11(17)12-5-6-15(20-4)13(7-12)8-16(2)9-14(18)10-19-3/h5-7,14,18H,8-10H2,1-4H3. The normalized spacial score (nSPS) is 12.5. The Balaban J connectivity index is 2.78. The van der Waals surface area contributed by atoms with Crippen LogP contribution in [0, 0.1) is 0 Å². The Kier molecular flexibility index (Phi) is 6.64. The summed E-state index contributed by atoms with van der Waals surface area (Å²) in [5, 5.41) is 9.71. The zero-order chi connectivity index (χ0) is 15.1. The predicted molar refractivity (Wildman–Crippen MR) is 77.2 cm³/mol. The molecule has 0 radical (unpaired) electrons. The molecule has 1 atom stereocenters. The number of aliphatic hydroxyl groups is 1. The number of methoxy groups -OCH3 is 2. The number of nitrogens with zero attached hydrogens (tertiary/aromatic N) is 1. The molecule has 1 N–H and O–H groups in total. The van der Waals surface area contributed by atoms with Crippen molar-refractivity contribution in [3.05, 3.63) is 29.3 Å². The molecule has 1 aromatic rings. The number of carbonyl (C=O) groups excluding carboxylic acids is 1. The van der Waals surface area contributed by atoms with E-state index in [4.69, 9.17) is 9.47 Å². The summed E-state index contributed by atoms with van der Waals surface area (Å²) in [4.78, 5) is 13.4. The SMILES string of the molecule is COCC(O)CN(C)Cc1cc(C(C)=O)ccc1OC. The Morgan fingerprint density at radius 3 is 2.65 bits per heavy atom. The van der Waals surface area contributed by atoms with Crippen molar-refractivity contribution in [3.63, 3.8) is 0 Å². The van der Waals surface area contributed by atoms with E-state index >= 15 is 0 Å². The number of Topliss-reactive ketones (excluding diaryl/α,β-unsaturated/α-hetero) is 1. The van der Waals surface area contributed by atoms with Crippen molar-refractivity contribution in [3.8, 4) is 5.75 Å². The van der Waals surface area contributed by atoms with Crippen molar-refractivity contribution in [2.45, 2.75) is 19.6 Å². The van der Waals surface area contributed by atoms with Gasteiger partial charge in [-0.25, -0.2) is 0 Å². The van der Waals surface area contributed by atoms with Crippen LogP contribution < -0.4 is 4.74 Å². The van der Waals surface area contributed by atoms with Crippen molar-refractivity contribution < 1.29 is 19.4 Å². The number of hydrogen-bond donors (Lipinski definition) is 1. The molecule has 0 aromatic heterocycles. The van der Waals surface area contributed by atoms with Crippen molar-refractivity contribution in [2.75, 3.05) is 34.4 Å². The van der Waals surface area contributed by atoms with Gasteiger partial charge in [0.2, 0.25) is 0 Å². The van der Waals surface area contributed by atoms with Crippen LogP contribution in [-0.2, 0) is 11.3 Å². The van der Waals surface area contributed by atoms with Gasteiger partial charge in [-0.3, -0.25) is 9.69 Å². The monoisotopic (exact) mass is 281 g/mol. The molecule has 1 aromatic carbocycles. The molecule has 0 amide bonds. The lowest BCUT2D eigenvalue weighted by Gasteiger charge is -2.21. The second kappa shape index (κ2) is 7.99. The molecule has 112 valence electrons. The zero-order valence-corrected chi connectivity index (χ0v) is 12.5. The van der Waals surface area contributed by atoms with Gasteiger partial charge in [0.25, 0.3) is 0 Å². The van der Waals surface area contributed by atoms with Gasteiger partial charge in [-0.05, 0) is 32.2 Å². The summed E-state index contributed by atoms with van der Waals surface area (Å²) in [5.41, 5.74) is 1.58. The molecular formula is C15H23NO4. The van der Waals surface area contributed by atoms with Crippen LogP contribution in [0.15, 0.2) is 18.2 Å². The second-order valence-corrected chi connectivity index (χ2v) is 4.89. The van der Waals surface area contributed by atoms with Gasteiger partial charge in [-0.15, -0.1) is 0 Å². The molecule has 0 saturated heterocycles. The number of likely N-dealkylation sites (N-methyl/N-ethyl adjacent to an activating group) is 1. The van der Waals surface area contributed by atoms with E-state index in [2.05, 4.69) is 0 Å². The Morgan fingerprint density at radius 1 is 1.40 bits per heavy atom. The highest BCUT2D eigenvalue weighted by molar-refractivity contribution is 5.94. The van der Waals surface area contributed by atoms with Crippen molar-refractivity contribution in [1.29, 1.82) is 0 Å². The number of hydrogen-bond acceptors (Lipinski definition) is 5. The smallest absolute Gasteiger partial charge is 0.159 e. The minimum atomic E-state index is -0.535. The van der Waals surface area contributed by atoms with Gasteiger partial charge in [0.05, 0.1) is 19.8 Å². The first-order valence-corrected chi connectivity index (χ1v) is 6.51. The number of benzene rings is 1. The highest BCUT2D eigenvalue weighted by atomic mass is 16.5. The largest absolute Gasteiger partial charge is 0.496 e. The summed E-state index contributed by atoms with van der Waals surface area (Å²) >= 11 is 0. The van der Waals surface area contributed by atoms with Crippen LogP contribution in [0.3, 0.4) is 0 Å². The molecular weight excluding hydrogens is 258 g/mol. The van der Waals surface area contributed by atoms with E-state index in [0.29, 0.717) is 25.3 Å². The molecule has 0 saturated carbocycles. The van der Waals surface area contributed by atoms with Crippen LogP contribution in [0.5, 0.6) is 5.75 Å². The van der Waals surface area contributed by atoms with E-state index in [-0.39, 0.29) is 5.78 Å². The van der Waals surface area contributed by atoms with E-state index in [0.717, 1.165) is 11.3 Å². The number of ketones is 1. The summed E-state index contributed by atoms with van der Waals surface area (Å²) in [6.07, 6.45) is -0.535. The molecule has 0 bridgehead atoms. The zero-order valence-electron chi connectivity index (χ0n) is 12.5. The van der Waals surface area contributed by atoms with Gasteiger partial charge in [0.15, 0.2) is 5.78 Å². The highest BCUT2D eigenvalue weighted by Gasteiger charge is 2.12. The number of aliphatic hydroxyl groups excluding tert-OH is 1. The maximum atomic E-state index is 11.4. The first-order chi connectivity index (χ1) is 9.47. The van der Waals surface area contributed by atoms with E-state index in [1.54, 1.807) is 26.4 Å². The Bertz CT molecular complexity index is 447. The van der Waals surface area contributed by atoms with Crippen molar-refractivity contribution >= 4 is 5.78 Å². The van der Waals surface area contributed by atoms with Crippen LogP contribution in [0.25, 0.3) is 0 Å². The second-order valence-electron chi connectivity index (χ2n) is 4.89. The highest BCUT2D eigenvalue weighted by Crippen LogP contribution is 2.21. The quantitative estimate of drug-likeness (QED) is 0.729. The Labute approximate surface area is 120 Å². The van der Waals surface area contributed by atoms with E-state index < -0.39 is 6.10 Å². The van der Waals surface area contributed by atoms with E-state index in [9.17, 15) is 9.90 Å². The minimum absolute atomic E-state index is 0.0240. The molecule has 0 heterocycles. The van der Waals surface area contributed by atoms with Crippen LogP contribution >= 0.6 is 0 Å². The molecule has 0 spiro atoms. The average molecular weight is 281 g/mol. The summed E-state index contributed by atoms with van der Waals surface area (Å²) in [6.45, 7) is 2.92. The lowest BCUT2D eigenvalue weighted by atomic mass is 10.1. The molecule has 0 aliphatic rings. The first kappa shape index (κ1) is 16.6. The molecule has 0 fully saturated rings. The molecule has 0 aliphatic heterocycles. The minimum Gasteiger partial charge on any atom is -0.496 e. The molecule has 1 unspecified atom stereocenters. The third kappa shape index (κ3) is 4.92. The fraction of sp³-hybridized carbons (Fsp3) is 0.533. The maximum Gasteiger partial charge on any atom is 0.159 e. The van der Waals surface area contributed by atoms with Crippen LogP contribution in [0.2, 0.25) is 0 Å². The van der Waals surface area contributed by atoms with Crippen LogP contribution in [-0.4, -0.2) is 56.3 Å². The summed E-state index contributed by atoms with van der Waals surface area (Å²) in [5.74, 6) is 0.763. The molecule has 5 nitrogen and oxygen atoms in total. The summed E-state index contributed by atoms with van der Waals surface area (Å²) in [7, 11) is 5.06. The van der Waals surface area contributed by atoms with Gasteiger partial charge in [0, 0.05) is 31.3 Å². The Hall–Kier alpha value is -1.43. The molecule has 1 rings (SSSR count). The third-order valence-electron chi connectivity index (χ3n) is 3.01. The molecule has 20 heavy (non-hydrogen) atoms. The third-order valence-corrected chi connectivity index (χ3v) is 3.01. The molecule has 0 aliphatic carbocycles.